The summed E-state index contributed by atoms with van der Waals surface area (Å²) in [7, 11) is 0. The summed E-state index contributed by atoms with van der Waals surface area (Å²) >= 11 is 6.78. The number of nitrogens with one attached hydrogen (secondary N) is 2. The van der Waals surface area contributed by atoms with Crippen LogP contribution in [0.1, 0.15) is 28.8 Å². The van der Waals surface area contributed by atoms with E-state index in [1.54, 1.807) is 18.2 Å². The smallest absolute Gasteiger partial charge is 0.253 e. The normalized spacial score (nSPS) is 15.0. The molecule has 0 aliphatic carbocycles. The monoisotopic (exact) mass is 536 g/mol. The number of hydrogen-bond donors (Lipinski definition) is 3. The second kappa shape index (κ2) is 10.9. The number of carbonyl (C=O) groups is 2. The molecule has 6 nitrogen and oxygen atoms in total. The maximum Gasteiger partial charge on any atom is 0.253 e. The van der Waals surface area contributed by atoms with Gasteiger partial charge in [-0.25, -0.2) is 0 Å². The van der Waals surface area contributed by atoms with Crippen molar-refractivity contribution < 1.29 is 9.59 Å². The lowest BCUT2D eigenvalue weighted by molar-refractivity contribution is -0.120. The zero-order valence-corrected chi connectivity index (χ0v) is 19.8. The van der Waals surface area contributed by atoms with Gasteiger partial charge < -0.3 is 16.4 Å². The second-order valence-electron chi connectivity index (χ2n) is 7.56. The molecule has 0 unspecified atom stereocenters. The highest BCUT2D eigenvalue weighted by Crippen LogP contribution is 2.20. The van der Waals surface area contributed by atoms with E-state index in [1.165, 1.54) is 5.56 Å². The average molecular weight is 538 g/mol. The van der Waals surface area contributed by atoms with Crippen molar-refractivity contribution in [3.05, 3.63) is 62.5 Å². The van der Waals surface area contributed by atoms with Gasteiger partial charge in [0.05, 0.1) is 12.1 Å². The lowest BCUT2D eigenvalue weighted by Gasteiger charge is -2.32. The van der Waals surface area contributed by atoms with E-state index in [4.69, 9.17) is 5.73 Å². The maximum absolute atomic E-state index is 12.2. The molecule has 0 bridgehead atoms. The van der Waals surface area contributed by atoms with Crippen molar-refractivity contribution >= 4 is 49.4 Å². The van der Waals surface area contributed by atoms with Crippen LogP contribution in [0.5, 0.6) is 0 Å². The summed E-state index contributed by atoms with van der Waals surface area (Å²) in [5, 5.41) is 5.57. The minimum atomic E-state index is -0.356. The lowest BCUT2D eigenvalue weighted by Crippen LogP contribution is -2.41. The van der Waals surface area contributed by atoms with E-state index in [2.05, 4.69) is 71.7 Å². The van der Waals surface area contributed by atoms with E-state index in [0.717, 1.165) is 41.4 Å². The summed E-state index contributed by atoms with van der Waals surface area (Å²) in [5.41, 5.74) is 7.88. The predicted molar refractivity (Wildman–Crippen MR) is 126 cm³/mol. The third-order valence-electron chi connectivity index (χ3n) is 5.28. The van der Waals surface area contributed by atoms with E-state index >= 15 is 0 Å². The first-order chi connectivity index (χ1) is 14.4. The number of benzene rings is 2. The SMILES string of the molecule is Nc1ccc(Br)cc1C(=O)NCC(=O)NCC1CCN(Cc2ccc(Br)cc2)CC1. The molecule has 3 rings (SSSR count). The van der Waals surface area contributed by atoms with Crippen molar-refractivity contribution in [1.82, 2.24) is 15.5 Å². The van der Waals surface area contributed by atoms with Gasteiger partial charge in [0.1, 0.15) is 0 Å². The molecule has 2 aromatic rings. The van der Waals surface area contributed by atoms with Gasteiger partial charge in [0.25, 0.3) is 5.91 Å². The molecule has 30 heavy (non-hydrogen) atoms. The van der Waals surface area contributed by atoms with E-state index < -0.39 is 0 Å². The fourth-order valence-corrected chi connectivity index (χ4v) is 4.12. The van der Waals surface area contributed by atoms with Crippen LogP contribution in [0.15, 0.2) is 51.4 Å². The Morgan fingerprint density at radius 3 is 2.37 bits per heavy atom. The Labute approximate surface area is 193 Å². The number of likely N-dealkylation sites (tertiary alicyclic amines) is 1. The van der Waals surface area contributed by atoms with E-state index in [9.17, 15) is 9.59 Å². The highest BCUT2D eigenvalue weighted by Gasteiger charge is 2.20. The van der Waals surface area contributed by atoms with Crippen molar-refractivity contribution in [2.75, 3.05) is 31.9 Å². The summed E-state index contributed by atoms with van der Waals surface area (Å²) in [5.74, 6) is -0.0778. The van der Waals surface area contributed by atoms with Gasteiger partial charge in [-0.05, 0) is 67.7 Å². The van der Waals surface area contributed by atoms with E-state index in [1.807, 2.05) is 0 Å². The molecule has 1 fully saturated rings. The molecule has 2 amide bonds. The standard InChI is InChI=1S/C22H26Br2N4O2/c23-17-3-1-16(2-4-17)14-28-9-7-15(8-10-28)12-26-21(29)13-27-22(30)19-11-18(24)5-6-20(19)25/h1-6,11,15H,7-10,12-14,25H2,(H,26,29)(H,27,30). The molecule has 8 heteroatoms. The van der Waals surface area contributed by atoms with Crippen LogP contribution in [0.25, 0.3) is 0 Å². The van der Waals surface area contributed by atoms with Crippen LogP contribution in [0.2, 0.25) is 0 Å². The number of nitrogens with two attached hydrogens (primary N) is 1. The van der Waals surface area contributed by atoms with Crippen LogP contribution in [0.3, 0.4) is 0 Å². The molecular weight excluding hydrogens is 512 g/mol. The fraction of sp³-hybridized carbons (Fsp3) is 0.364. The number of nitrogen functional groups attached to an aromatic ring is 1. The number of amides is 2. The zero-order valence-electron chi connectivity index (χ0n) is 16.7. The van der Waals surface area contributed by atoms with Crippen LogP contribution < -0.4 is 16.4 Å². The summed E-state index contributed by atoms with van der Waals surface area (Å²) in [6, 6.07) is 13.5. The first-order valence-electron chi connectivity index (χ1n) is 9.97. The Kier molecular flexibility index (Phi) is 8.30. The fourth-order valence-electron chi connectivity index (χ4n) is 3.50. The number of piperidine rings is 1. The van der Waals surface area contributed by atoms with Crippen molar-refractivity contribution in [2.45, 2.75) is 19.4 Å². The van der Waals surface area contributed by atoms with E-state index in [-0.39, 0.29) is 18.4 Å². The van der Waals surface area contributed by atoms with Crippen molar-refractivity contribution in [2.24, 2.45) is 5.92 Å². The number of carbonyl (C=O) groups excluding carboxylic acids is 2. The van der Waals surface area contributed by atoms with Gasteiger partial charge in [-0.1, -0.05) is 44.0 Å². The number of nitrogens with zero attached hydrogens (tertiary/aromatic N) is 1. The molecule has 1 heterocycles. The van der Waals surface area contributed by atoms with Gasteiger partial charge in [0.15, 0.2) is 0 Å². The number of anilines is 1. The number of hydrogen-bond acceptors (Lipinski definition) is 4. The van der Waals surface area contributed by atoms with E-state index in [0.29, 0.717) is 23.7 Å². The zero-order chi connectivity index (χ0) is 21.5. The molecule has 0 saturated carbocycles. The summed E-state index contributed by atoms with van der Waals surface area (Å²) in [6.07, 6.45) is 2.11. The van der Waals surface area contributed by atoms with Crippen molar-refractivity contribution in [1.29, 1.82) is 0 Å². The Balaban J connectivity index is 1.35. The molecule has 0 spiro atoms. The third-order valence-corrected chi connectivity index (χ3v) is 6.31. The summed E-state index contributed by atoms with van der Waals surface area (Å²) in [4.78, 5) is 26.8. The topological polar surface area (TPSA) is 87.5 Å². The molecule has 0 atom stereocenters. The molecule has 0 radical (unpaired) electrons. The summed E-state index contributed by atoms with van der Waals surface area (Å²) in [6.45, 7) is 3.58. The van der Waals surface area contributed by atoms with Crippen LogP contribution in [-0.4, -0.2) is 42.9 Å². The van der Waals surface area contributed by atoms with Crippen LogP contribution in [-0.2, 0) is 11.3 Å². The highest BCUT2D eigenvalue weighted by atomic mass is 79.9. The average Bonchev–Trinajstić information content (AvgIpc) is 2.75. The largest absolute Gasteiger partial charge is 0.398 e. The molecule has 1 aliphatic heterocycles. The Hall–Kier alpha value is -1.90. The van der Waals surface area contributed by atoms with Gasteiger partial charge in [0.2, 0.25) is 5.91 Å². The van der Waals surface area contributed by atoms with Gasteiger partial charge >= 0.3 is 0 Å². The first kappa shape index (κ1) is 22.8. The highest BCUT2D eigenvalue weighted by molar-refractivity contribution is 9.10. The molecule has 4 N–H and O–H groups in total. The van der Waals surface area contributed by atoms with Gasteiger partial charge in [0, 0.05) is 27.7 Å². The summed E-state index contributed by atoms with van der Waals surface area (Å²) < 4.78 is 1.86. The quantitative estimate of drug-likeness (QED) is 0.471. The first-order valence-corrected chi connectivity index (χ1v) is 11.6. The predicted octanol–water partition coefficient (Wildman–Crippen LogP) is 3.55. The van der Waals surface area contributed by atoms with Gasteiger partial charge in [-0.3, -0.25) is 14.5 Å². The molecule has 0 aromatic heterocycles. The van der Waals surface area contributed by atoms with Gasteiger partial charge in [-0.2, -0.15) is 0 Å². The van der Waals surface area contributed by atoms with Crippen LogP contribution in [0, 0.1) is 5.92 Å². The molecule has 1 aliphatic rings. The lowest BCUT2D eigenvalue weighted by atomic mass is 9.96. The van der Waals surface area contributed by atoms with Crippen molar-refractivity contribution in [3.8, 4) is 0 Å². The Morgan fingerprint density at radius 1 is 1.00 bits per heavy atom. The molecule has 2 aromatic carbocycles. The third kappa shape index (κ3) is 6.82. The Morgan fingerprint density at radius 2 is 1.67 bits per heavy atom. The molecule has 1 saturated heterocycles. The van der Waals surface area contributed by atoms with Crippen LogP contribution in [0.4, 0.5) is 5.69 Å². The second-order valence-corrected chi connectivity index (χ2v) is 9.40. The molecule has 160 valence electrons. The van der Waals surface area contributed by atoms with Gasteiger partial charge in [-0.15, -0.1) is 0 Å². The van der Waals surface area contributed by atoms with Crippen LogP contribution >= 0.6 is 31.9 Å². The number of rotatable bonds is 7. The Bertz CT molecular complexity index is 881. The van der Waals surface area contributed by atoms with Crippen molar-refractivity contribution in [3.63, 3.8) is 0 Å². The minimum absolute atomic E-state index is 0.0623. The number of halogens is 2. The maximum atomic E-state index is 12.2. The minimum Gasteiger partial charge on any atom is -0.398 e. The molecular formula is C22H26Br2N4O2.